The molecule has 0 atom stereocenters. The lowest BCUT2D eigenvalue weighted by Gasteiger charge is -2.02. The average molecular weight is 325 g/mol. The van der Waals surface area contributed by atoms with Gasteiger partial charge in [0.2, 0.25) is 0 Å². The molecule has 1 N–H and O–H groups in total. The summed E-state index contributed by atoms with van der Waals surface area (Å²) in [5.41, 5.74) is 0.903. The van der Waals surface area contributed by atoms with Crippen LogP contribution in [0, 0.1) is 0 Å². The molecule has 1 aliphatic carbocycles. The second kappa shape index (κ2) is 6.66. The van der Waals surface area contributed by atoms with E-state index in [4.69, 9.17) is 11.6 Å². The minimum atomic E-state index is -0.0816. The maximum atomic E-state index is 12.0. The highest BCUT2D eigenvalue weighted by atomic mass is 35.5. The Hall–Kier alpha value is -1.27. The van der Waals surface area contributed by atoms with E-state index in [1.807, 2.05) is 12.3 Å². The van der Waals surface area contributed by atoms with Crippen molar-refractivity contribution in [2.75, 3.05) is 5.88 Å². The van der Waals surface area contributed by atoms with Crippen LogP contribution in [0.25, 0.3) is 6.08 Å². The van der Waals surface area contributed by atoms with Crippen LogP contribution in [-0.4, -0.2) is 32.8 Å². The van der Waals surface area contributed by atoms with Crippen molar-refractivity contribution in [2.45, 2.75) is 38.3 Å². The van der Waals surface area contributed by atoms with Crippen molar-refractivity contribution in [3.05, 3.63) is 22.9 Å². The van der Waals surface area contributed by atoms with Crippen LogP contribution in [0.15, 0.2) is 22.3 Å². The van der Waals surface area contributed by atoms with Gasteiger partial charge in [-0.3, -0.25) is 14.5 Å². The molecule has 0 bridgehead atoms. The molecule has 1 aliphatic heterocycles. The van der Waals surface area contributed by atoms with E-state index in [1.165, 1.54) is 24.6 Å². The third-order valence-corrected chi connectivity index (χ3v) is 4.63. The lowest BCUT2D eigenvalue weighted by molar-refractivity contribution is -0.115. The van der Waals surface area contributed by atoms with Crippen molar-refractivity contribution in [3.8, 4) is 0 Å². The zero-order chi connectivity index (χ0) is 14.7. The summed E-state index contributed by atoms with van der Waals surface area (Å²) in [5, 5.41) is 7.76. The van der Waals surface area contributed by atoms with E-state index in [1.54, 1.807) is 10.9 Å². The first kappa shape index (κ1) is 14.7. The fourth-order valence-corrected chi connectivity index (χ4v) is 3.57. The summed E-state index contributed by atoms with van der Waals surface area (Å²) in [5.74, 6) is 0.437. The Labute approximate surface area is 132 Å². The summed E-state index contributed by atoms with van der Waals surface area (Å²) >= 11 is 7.09. The van der Waals surface area contributed by atoms with Gasteiger partial charge in [0.15, 0.2) is 5.17 Å². The van der Waals surface area contributed by atoms with Gasteiger partial charge < -0.3 is 5.32 Å². The molecule has 2 aliphatic rings. The number of hydrogen-bond donors (Lipinski definition) is 1. The van der Waals surface area contributed by atoms with Gasteiger partial charge in [-0.1, -0.05) is 12.8 Å². The summed E-state index contributed by atoms with van der Waals surface area (Å²) in [6.07, 6.45) is 10.2. The summed E-state index contributed by atoms with van der Waals surface area (Å²) in [6, 6.07) is 0.374. The first-order valence-corrected chi connectivity index (χ1v) is 8.47. The molecule has 1 saturated heterocycles. The maximum Gasteiger partial charge on any atom is 0.264 e. The Morgan fingerprint density at radius 1 is 1.52 bits per heavy atom. The number of amides is 1. The topological polar surface area (TPSA) is 59.3 Å². The van der Waals surface area contributed by atoms with Gasteiger partial charge in [-0.25, -0.2) is 0 Å². The van der Waals surface area contributed by atoms with Crippen molar-refractivity contribution in [1.29, 1.82) is 0 Å². The van der Waals surface area contributed by atoms with Crippen LogP contribution in [0.4, 0.5) is 0 Å². The van der Waals surface area contributed by atoms with Crippen molar-refractivity contribution >= 4 is 40.5 Å². The Bertz CT molecular complexity index is 590. The average Bonchev–Trinajstić information content (AvgIpc) is 3.16. The molecule has 3 rings (SSSR count). The number of nitrogens with zero attached hydrogens (tertiary/aromatic N) is 3. The van der Waals surface area contributed by atoms with Gasteiger partial charge in [-0.2, -0.15) is 5.10 Å². The molecule has 1 amide bonds. The molecule has 7 heteroatoms. The molecule has 0 spiro atoms. The fourth-order valence-electron chi connectivity index (χ4n) is 2.50. The molecule has 1 saturated carbocycles. The molecule has 2 heterocycles. The Balaban J connectivity index is 1.70. The first-order valence-electron chi connectivity index (χ1n) is 7.12. The molecular formula is C14H17ClN4OS. The summed E-state index contributed by atoms with van der Waals surface area (Å²) in [4.78, 5) is 17.3. The van der Waals surface area contributed by atoms with Gasteiger partial charge in [0.05, 0.1) is 23.7 Å². The number of halogens is 1. The summed E-state index contributed by atoms with van der Waals surface area (Å²) in [7, 11) is 0. The van der Waals surface area contributed by atoms with Gasteiger partial charge in [-0.15, -0.1) is 11.6 Å². The number of aliphatic imine (C=N–C) groups is 1. The van der Waals surface area contributed by atoms with Gasteiger partial charge in [0, 0.05) is 17.6 Å². The predicted octanol–water partition coefficient (Wildman–Crippen LogP) is 2.62. The number of alkyl halides is 1. The summed E-state index contributed by atoms with van der Waals surface area (Å²) < 4.78 is 1.77. The maximum absolute atomic E-state index is 12.0. The lowest BCUT2D eigenvalue weighted by atomic mass is 10.3. The van der Waals surface area contributed by atoms with E-state index in [-0.39, 0.29) is 5.91 Å². The molecule has 0 radical (unpaired) electrons. The predicted molar refractivity (Wildman–Crippen MR) is 86.3 cm³/mol. The number of carbonyl (C=O) groups is 1. The van der Waals surface area contributed by atoms with Gasteiger partial charge >= 0.3 is 0 Å². The van der Waals surface area contributed by atoms with Crippen molar-refractivity contribution in [2.24, 2.45) is 4.99 Å². The SMILES string of the molecule is O=C1NC(=NC2CCCC2)S/C1=C\c1cnn(CCCl)c1. The molecule has 0 unspecified atom stereocenters. The second-order valence-electron chi connectivity index (χ2n) is 5.16. The van der Waals surface area contributed by atoms with Crippen molar-refractivity contribution in [1.82, 2.24) is 15.1 Å². The Morgan fingerprint density at radius 3 is 3.10 bits per heavy atom. The Kier molecular flexibility index (Phi) is 4.65. The highest BCUT2D eigenvalue weighted by Crippen LogP contribution is 2.28. The highest BCUT2D eigenvalue weighted by molar-refractivity contribution is 8.18. The normalized spacial score (nSPS) is 23.4. The number of rotatable bonds is 4. The number of nitrogens with one attached hydrogen (secondary N) is 1. The number of hydrogen-bond acceptors (Lipinski definition) is 4. The zero-order valence-corrected chi connectivity index (χ0v) is 13.2. The van der Waals surface area contributed by atoms with E-state index in [9.17, 15) is 4.79 Å². The van der Waals surface area contributed by atoms with Gasteiger partial charge in [-0.05, 0) is 30.7 Å². The van der Waals surface area contributed by atoms with E-state index in [2.05, 4.69) is 15.4 Å². The van der Waals surface area contributed by atoms with Crippen LogP contribution >= 0.6 is 23.4 Å². The standard InChI is InChI=1S/C14H17ClN4OS/c15-5-6-19-9-10(8-16-19)7-12-13(20)18-14(21-12)17-11-3-1-2-4-11/h7-9,11H,1-6H2,(H,17,18,20)/b12-7-. The monoisotopic (exact) mass is 324 g/mol. The number of thioether (sulfide) groups is 1. The smallest absolute Gasteiger partial charge is 0.264 e. The number of amidine groups is 1. The van der Waals surface area contributed by atoms with Crippen LogP contribution in [0.1, 0.15) is 31.2 Å². The lowest BCUT2D eigenvalue weighted by Crippen LogP contribution is -2.21. The van der Waals surface area contributed by atoms with Crippen LogP contribution in [0.2, 0.25) is 0 Å². The van der Waals surface area contributed by atoms with Crippen molar-refractivity contribution < 1.29 is 4.79 Å². The van der Waals surface area contributed by atoms with Crippen molar-refractivity contribution in [3.63, 3.8) is 0 Å². The molecular weight excluding hydrogens is 308 g/mol. The third kappa shape index (κ3) is 3.68. The summed E-state index contributed by atoms with van der Waals surface area (Å²) in [6.45, 7) is 0.665. The highest BCUT2D eigenvalue weighted by Gasteiger charge is 2.25. The van der Waals surface area contributed by atoms with E-state index >= 15 is 0 Å². The van der Waals surface area contributed by atoms with Crippen LogP contribution in [-0.2, 0) is 11.3 Å². The molecule has 112 valence electrons. The minimum Gasteiger partial charge on any atom is -0.301 e. The van der Waals surface area contributed by atoms with Crippen LogP contribution in [0.5, 0.6) is 0 Å². The molecule has 5 nitrogen and oxygen atoms in total. The Morgan fingerprint density at radius 2 is 2.33 bits per heavy atom. The fraction of sp³-hybridized carbons (Fsp3) is 0.500. The zero-order valence-electron chi connectivity index (χ0n) is 11.6. The number of aromatic nitrogens is 2. The first-order chi connectivity index (χ1) is 10.2. The minimum absolute atomic E-state index is 0.0816. The largest absolute Gasteiger partial charge is 0.301 e. The molecule has 1 aromatic heterocycles. The van der Waals surface area contributed by atoms with Gasteiger partial charge in [0.25, 0.3) is 5.91 Å². The molecule has 0 aromatic carbocycles. The quantitative estimate of drug-likeness (QED) is 0.684. The van der Waals surface area contributed by atoms with E-state index < -0.39 is 0 Å². The number of aryl methyl sites for hydroxylation is 1. The molecule has 1 aromatic rings. The van der Waals surface area contributed by atoms with E-state index in [0.717, 1.165) is 23.6 Å². The van der Waals surface area contributed by atoms with Gasteiger partial charge in [0.1, 0.15) is 0 Å². The third-order valence-electron chi connectivity index (χ3n) is 3.54. The second-order valence-corrected chi connectivity index (χ2v) is 6.57. The van der Waals surface area contributed by atoms with Crippen LogP contribution < -0.4 is 5.32 Å². The molecule has 2 fully saturated rings. The van der Waals surface area contributed by atoms with Crippen LogP contribution in [0.3, 0.4) is 0 Å². The molecule has 21 heavy (non-hydrogen) atoms. The van der Waals surface area contributed by atoms with E-state index in [0.29, 0.717) is 23.4 Å². The number of carbonyl (C=O) groups excluding carboxylic acids is 1.